The molecule has 3 nitrogen and oxygen atoms in total. The first kappa shape index (κ1) is 13.0. The molecule has 0 spiro atoms. The highest BCUT2D eigenvalue weighted by Gasteiger charge is 2.28. The van der Waals surface area contributed by atoms with Gasteiger partial charge in [0.2, 0.25) is 5.91 Å². The van der Waals surface area contributed by atoms with Crippen LogP contribution in [0.4, 0.5) is 5.69 Å². The molecule has 1 N–H and O–H groups in total. The fraction of sp³-hybridized carbons (Fsp3) is 0.533. The normalized spacial score (nSPS) is 23.6. The molecule has 1 saturated heterocycles. The van der Waals surface area contributed by atoms with Crippen LogP contribution in [-0.2, 0) is 4.79 Å². The van der Waals surface area contributed by atoms with Crippen LogP contribution in [0.25, 0.3) is 0 Å². The number of hydrogen-bond donors (Lipinski definition) is 1. The number of carbonyl (C=O) groups excluding carboxylic acids is 1. The summed E-state index contributed by atoms with van der Waals surface area (Å²) in [5, 5.41) is 3.41. The molecule has 1 aromatic carbocycles. The van der Waals surface area contributed by atoms with E-state index in [0.717, 1.165) is 37.4 Å². The maximum atomic E-state index is 12.7. The number of amides is 1. The van der Waals surface area contributed by atoms with E-state index in [4.69, 9.17) is 0 Å². The van der Waals surface area contributed by atoms with Gasteiger partial charge in [0.1, 0.15) is 0 Å². The summed E-state index contributed by atoms with van der Waals surface area (Å²) < 4.78 is 0. The minimum Gasteiger partial charge on any atom is -0.309 e. The van der Waals surface area contributed by atoms with Crippen LogP contribution in [0.15, 0.2) is 29.2 Å². The zero-order chi connectivity index (χ0) is 13.1. The molecule has 4 heteroatoms. The van der Waals surface area contributed by atoms with Crippen molar-refractivity contribution >= 4 is 23.4 Å². The quantitative estimate of drug-likeness (QED) is 0.856. The van der Waals surface area contributed by atoms with Gasteiger partial charge in [-0.1, -0.05) is 25.0 Å². The summed E-state index contributed by atoms with van der Waals surface area (Å²) in [5.74, 6) is 1.25. The summed E-state index contributed by atoms with van der Waals surface area (Å²) in [5.41, 5.74) is 1.09. The van der Waals surface area contributed by atoms with Crippen LogP contribution in [0.5, 0.6) is 0 Å². The van der Waals surface area contributed by atoms with Crippen molar-refractivity contribution in [1.29, 1.82) is 0 Å². The Kier molecular flexibility index (Phi) is 4.09. The molecule has 3 rings (SSSR count). The number of rotatable bonds is 1. The molecule has 1 atom stereocenters. The molecule has 2 aliphatic heterocycles. The molecule has 0 aromatic heterocycles. The molecule has 2 heterocycles. The van der Waals surface area contributed by atoms with E-state index in [1.54, 1.807) is 0 Å². The minimum absolute atomic E-state index is 0.0126. The van der Waals surface area contributed by atoms with E-state index >= 15 is 0 Å². The largest absolute Gasteiger partial charge is 0.309 e. The molecule has 2 aliphatic rings. The fourth-order valence-electron chi connectivity index (χ4n) is 2.83. The van der Waals surface area contributed by atoms with Gasteiger partial charge in [0.25, 0.3) is 0 Å². The van der Waals surface area contributed by atoms with Crippen molar-refractivity contribution in [3.63, 3.8) is 0 Å². The van der Waals surface area contributed by atoms with E-state index in [2.05, 4.69) is 17.4 Å². The SMILES string of the molecule is O=C(C1CCCCCN1)N1CCSc2ccccc21. The van der Waals surface area contributed by atoms with Gasteiger partial charge in [-0.15, -0.1) is 11.8 Å². The first-order chi connectivity index (χ1) is 9.36. The Morgan fingerprint density at radius 1 is 1.26 bits per heavy atom. The molecule has 1 amide bonds. The molecule has 0 radical (unpaired) electrons. The highest BCUT2D eigenvalue weighted by atomic mass is 32.2. The average Bonchev–Trinajstić information content (AvgIpc) is 2.75. The maximum absolute atomic E-state index is 12.7. The van der Waals surface area contributed by atoms with Gasteiger partial charge in [-0.05, 0) is 31.5 Å². The maximum Gasteiger partial charge on any atom is 0.244 e. The van der Waals surface area contributed by atoms with Gasteiger partial charge in [0.15, 0.2) is 0 Å². The third-order valence-electron chi connectivity index (χ3n) is 3.85. The van der Waals surface area contributed by atoms with E-state index in [-0.39, 0.29) is 11.9 Å². The van der Waals surface area contributed by atoms with Crippen molar-refractivity contribution in [2.45, 2.75) is 36.6 Å². The van der Waals surface area contributed by atoms with Gasteiger partial charge < -0.3 is 10.2 Å². The molecule has 19 heavy (non-hydrogen) atoms. The molecule has 1 unspecified atom stereocenters. The number of nitrogens with one attached hydrogen (secondary N) is 1. The molecular weight excluding hydrogens is 256 g/mol. The first-order valence-electron chi connectivity index (χ1n) is 7.13. The van der Waals surface area contributed by atoms with Crippen LogP contribution in [-0.4, -0.2) is 30.8 Å². The first-order valence-corrected chi connectivity index (χ1v) is 8.11. The third kappa shape index (κ3) is 2.79. The highest BCUT2D eigenvalue weighted by Crippen LogP contribution is 2.34. The van der Waals surface area contributed by atoms with Crippen molar-refractivity contribution in [2.24, 2.45) is 0 Å². The van der Waals surface area contributed by atoms with Crippen molar-refractivity contribution in [2.75, 3.05) is 23.7 Å². The Morgan fingerprint density at radius 2 is 2.16 bits per heavy atom. The van der Waals surface area contributed by atoms with Crippen molar-refractivity contribution in [1.82, 2.24) is 5.32 Å². The van der Waals surface area contributed by atoms with Crippen molar-refractivity contribution < 1.29 is 4.79 Å². The lowest BCUT2D eigenvalue weighted by molar-refractivity contribution is -0.120. The number of thioether (sulfide) groups is 1. The van der Waals surface area contributed by atoms with Gasteiger partial charge in [-0.25, -0.2) is 0 Å². The Hall–Kier alpha value is -1.00. The van der Waals surface area contributed by atoms with Gasteiger partial charge in [0.05, 0.1) is 11.7 Å². The lowest BCUT2D eigenvalue weighted by Crippen LogP contribution is -2.48. The van der Waals surface area contributed by atoms with Gasteiger partial charge in [0, 0.05) is 17.2 Å². The highest BCUT2D eigenvalue weighted by molar-refractivity contribution is 7.99. The Morgan fingerprint density at radius 3 is 3.11 bits per heavy atom. The molecule has 1 aromatic rings. The topological polar surface area (TPSA) is 32.3 Å². The van der Waals surface area contributed by atoms with E-state index < -0.39 is 0 Å². The predicted molar refractivity (Wildman–Crippen MR) is 79.8 cm³/mol. The van der Waals surface area contributed by atoms with Crippen LogP contribution in [0.1, 0.15) is 25.7 Å². The molecule has 0 aliphatic carbocycles. The van der Waals surface area contributed by atoms with E-state index in [1.807, 2.05) is 28.8 Å². The smallest absolute Gasteiger partial charge is 0.244 e. The van der Waals surface area contributed by atoms with Crippen LogP contribution >= 0.6 is 11.8 Å². The summed E-state index contributed by atoms with van der Waals surface area (Å²) in [6.45, 7) is 1.80. The number of nitrogens with zero attached hydrogens (tertiary/aromatic N) is 1. The second kappa shape index (κ2) is 5.97. The van der Waals surface area contributed by atoms with Crippen LogP contribution in [0, 0.1) is 0 Å². The number of carbonyl (C=O) groups is 1. The summed E-state index contributed by atoms with van der Waals surface area (Å²) in [6, 6.07) is 8.25. The van der Waals surface area contributed by atoms with Gasteiger partial charge in [-0.3, -0.25) is 4.79 Å². The summed E-state index contributed by atoms with van der Waals surface area (Å²) in [7, 11) is 0. The van der Waals surface area contributed by atoms with Crippen molar-refractivity contribution in [3.05, 3.63) is 24.3 Å². The summed E-state index contributed by atoms with van der Waals surface area (Å²) in [6.07, 6.45) is 4.57. The Balaban J connectivity index is 1.80. The van der Waals surface area contributed by atoms with Crippen LogP contribution in [0.2, 0.25) is 0 Å². The van der Waals surface area contributed by atoms with E-state index in [9.17, 15) is 4.79 Å². The van der Waals surface area contributed by atoms with Crippen molar-refractivity contribution in [3.8, 4) is 0 Å². The van der Waals surface area contributed by atoms with Crippen LogP contribution < -0.4 is 10.2 Å². The average molecular weight is 276 g/mol. The Bertz CT molecular complexity index is 455. The molecule has 1 fully saturated rings. The lowest BCUT2D eigenvalue weighted by atomic mass is 10.1. The molecule has 0 saturated carbocycles. The number of anilines is 1. The predicted octanol–water partition coefficient (Wildman–Crippen LogP) is 2.66. The third-order valence-corrected chi connectivity index (χ3v) is 4.90. The van der Waals surface area contributed by atoms with Crippen LogP contribution in [0.3, 0.4) is 0 Å². The summed E-state index contributed by atoms with van der Waals surface area (Å²) in [4.78, 5) is 15.9. The number of para-hydroxylation sites is 1. The standard InChI is InChI=1S/C15H20N2OS/c18-15(12-6-2-1-5-9-16-12)17-10-11-19-14-8-4-3-7-13(14)17/h3-4,7-8,12,16H,1-2,5-6,9-11H2. The van der Waals surface area contributed by atoms with E-state index in [1.165, 1.54) is 17.7 Å². The fourth-order valence-corrected chi connectivity index (χ4v) is 3.82. The molecule has 102 valence electrons. The zero-order valence-electron chi connectivity index (χ0n) is 11.1. The lowest BCUT2D eigenvalue weighted by Gasteiger charge is -2.32. The van der Waals surface area contributed by atoms with Gasteiger partial charge >= 0.3 is 0 Å². The van der Waals surface area contributed by atoms with Gasteiger partial charge in [-0.2, -0.15) is 0 Å². The molecule has 0 bridgehead atoms. The number of benzene rings is 1. The van der Waals surface area contributed by atoms with E-state index in [0.29, 0.717) is 0 Å². The number of fused-ring (bicyclic) bond motifs is 1. The second-order valence-corrected chi connectivity index (χ2v) is 6.30. The summed E-state index contributed by atoms with van der Waals surface area (Å²) >= 11 is 1.85. The minimum atomic E-state index is 0.0126. The number of hydrogen-bond acceptors (Lipinski definition) is 3. The zero-order valence-corrected chi connectivity index (χ0v) is 11.9. The Labute approximate surface area is 118 Å². The molecular formula is C15H20N2OS. The second-order valence-electron chi connectivity index (χ2n) is 5.16. The monoisotopic (exact) mass is 276 g/mol.